The molecule has 144 valence electrons. The van der Waals surface area contributed by atoms with E-state index in [1.165, 1.54) is 5.56 Å². The maximum absolute atomic E-state index is 12.3. The van der Waals surface area contributed by atoms with Crippen LogP contribution in [0.2, 0.25) is 0 Å². The third-order valence-corrected chi connectivity index (χ3v) is 4.64. The van der Waals surface area contributed by atoms with Crippen LogP contribution in [-0.2, 0) is 17.8 Å². The van der Waals surface area contributed by atoms with Crippen LogP contribution in [0.25, 0.3) is 22.5 Å². The Bertz CT molecular complexity index is 1090. The van der Waals surface area contributed by atoms with Crippen molar-refractivity contribution < 1.29 is 9.32 Å². The maximum Gasteiger partial charge on any atom is 0.246 e. The van der Waals surface area contributed by atoms with Gasteiger partial charge in [-0.3, -0.25) is 4.79 Å². The van der Waals surface area contributed by atoms with Crippen LogP contribution < -0.4 is 5.32 Å². The number of carbonyl (C=O) groups excluding carboxylic acids is 1. The van der Waals surface area contributed by atoms with Gasteiger partial charge in [-0.25, -0.2) is 0 Å². The van der Waals surface area contributed by atoms with Gasteiger partial charge in [-0.05, 0) is 23.6 Å². The first-order chi connectivity index (χ1) is 14.2. The standard InChI is InChI=1S/C24H21N3O2/c1-17-7-11-21(12-8-17)24-26-23(29-27-24)16-25-22(28)15-18-9-13-20(14-10-18)19-5-3-2-4-6-19/h2-14H,15-16H2,1H3,(H,25,28). The third kappa shape index (κ3) is 4.76. The molecule has 1 N–H and O–H groups in total. The smallest absolute Gasteiger partial charge is 0.246 e. The minimum absolute atomic E-state index is 0.0902. The highest BCUT2D eigenvalue weighted by atomic mass is 16.5. The predicted molar refractivity (Wildman–Crippen MR) is 112 cm³/mol. The second-order valence-corrected chi connectivity index (χ2v) is 6.89. The lowest BCUT2D eigenvalue weighted by molar-refractivity contribution is -0.120. The number of amides is 1. The molecule has 29 heavy (non-hydrogen) atoms. The van der Waals surface area contributed by atoms with Gasteiger partial charge in [0.1, 0.15) is 0 Å². The van der Waals surface area contributed by atoms with E-state index >= 15 is 0 Å². The van der Waals surface area contributed by atoms with E-state index in [4.69, 9.17) is 4.52 Å². The van der Waals surface area contributed by atoms with Gasteiger partial charge in [0.05, 0.1) is 13.0 Å². The number of aryl methyl sites for hydroxylation is 1. The molecule has 1 heterocycles. The average Bonchev–Trinajstić information content (AvgIpc) is 3.23. The fraction of sp³-hybridized carbons (Fsp3) is 0.125. The van der Waals surface area contributed by atoms with Gasteiger partial charge in [-0.15, -0.1) is 0 Å². The van der Waals surface area contributed by atoms with E-state index in [2.05, 4.69) is 27.6 Å². The van der Waals surface area contributed by atoms with Crippen molar-refractivity contribution in [1.29, 1.82) is 0 Å². The Hall–Kier alpha value is -3.73. The van der Waals surface area contributed by atoms with Crippen LogP contribution in [-0.4, -0.2) is 16.0 Å². The number of aromatic nitrogens is 2. The minimum atomic E-state index is -0.0902. The van der Waals surface area contributed by atoms with E-state index in [0.717, 1.165) is 22.3 Å². The Morgan fingerprint density at radius 1 is 0.862 bits per heavy atom. The number of rotatable bonds is 6. The van der Waals surface area contributed by atoms with Crippen molar-refractivity contribution in [3.63, 3.8) is 0 Å². The fourth-order valence-corrected chi connectivity index (χ4v) is 3.01. The van der Waals surface area contributed by atoms with E-state index in [1.807, 2.05) is 73.7 Å². The molecule has 0 bridgehead atoms. The summed E-state index contributed by atoms with van der Waals surface area (Å²) >= 11 is 0. The fourth-order valence-electron chi connectivity index (χ4n) is 3.01. The molecule has 0 aliphatic heterocycles. The first kappa shape index (κ1) is 18.6. The second-order valence-electron chi connectivity index (χ2n) is 6.89. The van der Waals surface area contributed by atoms with Crippen LogP contribution in [0.1, 0.15) is 17.0 Å². The highest BCUT2D eigenvalue weighted by Crippen LogP contribution is 2.19. The van der Waals surface area contributed by atoms with Crippen LogP contribution in [0, 0.1) is 6.92 Å². The Morgan fingerprint density at radius 2 is 1.52 bits per heavy atom. The van der Waals surface area contributed by atoms with Crippen molar-refractivity contribution in [2.75, 3.05) is 0 Å². The minimum Gasteiger partial charge on any atom is -0.347 e. The number of nitrogens with zero attached hydrogens (tertiary/aromatic N) is 2. The maximum atomic E-state index is 12.3. The zero-order chi connectivity index (χ0) is 20.1. The molecule has 0 aliphatic rings. The van der Waals surface area contributed by atoms with Gasteiger partial charge in [0, 0.05) is 5.56 Å². The zero-order valence-electron chi connectivity index (χ0n) is 16.1. The lowest BCUT2D eigenvalue weighted by atomic mass is 10.0. The normalized spacial score (nSPS) is 10.7. The van der Waals surface area contributed by atoms with Crippen molar-refractivity contribution in [2.45, 2.75) is 19.9 Å². The predicted octanol–water partition coefficient (Wildman–Crippen LogP) is 4.57. The highest BCUT2D eigenvalue weighted by Gasteiger charge is 2.10. The first-order valence-electron chi connectivity index (χ1n) is 9.48. The number of hydrogen-bond acceptors (Lipinski definition) is 4. The number of carbonyl (C=O) groups is 1. The van der Waals surface area contributed by atoms with Crippen LogP contribution in [0.15, 0.2) is 83.4 Å². The van der Waals surface area contributed by atoms with Crippen LogP contribution in [0.3, 0.4) is 0 Å². The molecule has 0 fully saturated rings. The topological polar surface area (TPSA) is 68.0 Å². The molecule has 0 saturated heterocycles. The molecular formula is C24H21N3O2. The van der Waals surface area contributed by atoms with Gasteiger partial charge in [0.15, 0.2) is 0 Å². The van der Waals surface area contributed by atoms with E-state index in [-0.39, 0.29) is 12.5 Å². The molecule has 5 heteroatoms. The summed E-state index contributed by atoms with van der Waals surface area (Å²) in [5.74, 6) is 0.812. The molecular weight excluding hydrogens is 362 g/mol. The molecule has 0 atom stereocenters. The summed E-state index contributed by atoms with van der Waals surface area (Å²) in [4.78, 5) is 16.6. The average molecular weight is 383 g/mol. The van der Waals surface area contributed by atoms with Gasteiger partial charge in [-0.2, -0.15) is 4.98 Å². The summed E-state index contributed by atoms with van der Waals surface area (Å²) in [5.41, 5.74) is 5.29. The molecule has 1 aromatic heterocycles. The zero-order valence-corrected chi connectivity index (χ0v) is 16.1. The van der Waals surface area contributed by atoms with Gasteiger partial charge in [-0.1, -0.05) is 89.6 Å². The molecule has 3 aromatic carbocycles. The Balaban J connectivity index is 1.32. The van der Waals surface area contributed by atoms with E-state index in [9.17, 15) is 4.79 Å². The summed E-state index contributed by atoms with van der Waals surface area (Å²) in [6.07, 6.45) is 0.300. The number of nitrogens with one attached hydrogen (secondary N) is 1. The summed E-state index contributed by atoms with van der Waals surface area (Å²) < 4.78 is 5.24. The molecule has 0 spiro atoms. The van der Waals surface area contributed by atoms with Crippen LogP contribution >= 0.6 is 0 Å². The quantitative estimate of drug-likeness (QED) is 0.529. The van der Waals surface area contributed by atoms with Gasteiger partial charge in [0.25, 0.3) is 0 Å². The monoisotopic (exact) mass is 383 g/mol. The molecule has 4 rings (SSSR count). The van der Waals surface area contributed by atoms with Crippen molar-refractivity contribution >= 4 is 5.91 Å². The Labute approximate surface area is 169 Å². The lowest BCUT2D eigenvalue weighted by Gasteiger charge is -2.05. The van der Waals surface area contributed by atoms with Gasteiger partial charge < -0.3 is 9.84 Å². The summed E-state index contributed by atoms with van der Waals surface area (Å²) in [5, 5.41) is 6.81. The van der Waals surface area contributed by atoms with E-state index < -0.39 is 0 Å². The highest BCUT2D eigenvalue weighted by molar-refractivity contribution is 5.78. The SMILES string of the molecule is Cc1ccc(-c2noc(CNC(=O)Cc3ccc(-c4ccccc4)cc3)n2)cc1. The molecule has 0 radical (unpaired) electrons. The first-order valence-corrected chi connectivity index (χ1v) is 9.48. The molecule has 1 amide bonds. The summed E-state index contributed by atoms with van der Waals surface area (Å²) in [6, 6.07) is 26.1. The molecule has 4 aromatic rings. The van der Waals surface area contributed by atoms with E-state index in [1.54, 1.807) is 0 Å². The Morgan fingerprint density at radius 3 is 2.24 bits per heavy atom. The van der Waals surface area contributed by atoms with Crippen LogP contribution in [0.4, 0.5) is 0 Å². The van der Waals surface area contributed by atoms with Crippen molar-refractivity contribution in [3.8, 4) is 22.5 Å². The molecule has 5 nitrogen and oxygen atoms in total. The van der Waals surface area contributed by atoms with E-state index in [0.29, 0.717) is 18.1 Å². The van der Waals surface area contributed by atoms with Crippen molar-refractivity contribution in [1.82, 2.24) is 15.5 Å². The lowest BCUT2D eigenvalue weighted by Crippen LogP contribution is -2.24. The van der Waals surface area contributed by atoms with Gasteiger partial charge >= 0.3 is 0 Å². The van der Waals surface area contributed by atoms with Crippen molar-refractivity contribution in [2.24, 2.45) is 0 Å². The number of benzene rings is 3. The molecule has 0 saturated carbocycles. The largest absolute Gasteiger partial charge is 0.347 e. The Kier molecular flexibility index (Phi) is 5.47. The molecule has 0 aliphatic carbocycles. The summed E-state index contributed by atoms with van der Waals surface area (Å²) in [7, 11) is 0. The number of hydrogen-bond donors (Lipinski definition) is 1. The summed E-state index contributed by atoms with van der Waals surface area (Å²) in [6.45, 7) is 2.23. The van der Waals surface area contributed by atoms with Gasteiger partial charge in [0.2, 0.25) is 17.6 Å². The van der Waals surface area contributed by atoms with Crippen molar-refractivity contribution in [3.05, 3.63) is 95.9 Å². The second kappa shape index (κ2) is 8.52. The molecule has 0 unspecified atom stereocenters. The van der Waals surface area contributed by atoms with Crippen LogP contribution in [0.5, 0.6) is 0 Å². The third-order valence-electron chi connectivity index (χ3n) is 4.64.